The maximum Gasteiger partial charge on any atom is 0.251 e. The van der Waals surface area contributed by atoms with Gasteiger partial charge in [0, 0.05) is 43.6 Å². The van der Waals surface area contributed by atoms with Crippen LogP contribution in [0.3, 0.4) is 0 Å². The molecule has 1 saturated heterocycles. The average molecular weight is 549 g/mol. The lowest BCUT2D eigenvalue weighted by Gasteiger charge is -2.22. The SMILES string of the molecule is CCCNC(=O)c1ccc(-c2cnc3c(NCC4CCSCC4)cc(Oc4cccnc4)nn23)cc1C.CO. The van der Waals surface area contributed by atoms with Crippen molar-refractivity contribution in [2.45, 2.75) is 33.1 Å². The van der Waals surface area contributed by atoms with Crippen LogP contribution in [-0.4, -0.2) is 62.3 Å². The molecule has 3 aromatic heterocycles. The Morgan fingerprint density at radius 2 is 2.00 bits per heavy atom. The summed E-state index contributed by atoms with van der Waals surface area (Å²) < 4.78 is 7.89. The molecular formula is C29H36N6O3S. The number of hydrogen-bond donors (Lipinski definition) is 3. The van der Waals surface area contributed by atoms with E-state index < -0.39 is 0 Å². The number of rotatable bonds is 9. The molecule has 10 heteroatoms. The second-order valence-electron chi connectivity index (χ2n) is 9.29. The Hall–Kier alpha value is -3.63. The predicted octanol–water partition coefficient (Wildman–Crippen LogP) is 5.20. The van der Waals surface area contributed by atoms with Crippen molar-refractivity contribution in [1.82, 2.24) is 24.9 Å². The van der Waals surface area contributed by atoms with Crippen molar-refractivity contribution in [3.8, 4) is 22.9 Å². The number of nitrogens with zero attached hydrogens (tertiary/aromatic N) is 4. The van der Waals surface area contributed by atoms with Gasteiger partial charge in [0.25, 0.3) is 5.91 Å². The van der Waals surface area contributed by atoms with E-state index in [9.17, 15) is 4.79 Å². The lowest BCUT2D eigenvalue weighted by Crippen LogP contribution is -2.24. The largest absolute Gasteiger partial charge is 0.436 e. The zero-order chi connectivity index (χ0) is 27.6. The van der Waals surface area contributed by atoms with E-state index in [1.807, 2.05) is 72.7 Å². The lowest BCUT2D eigenvalue weighted by molar-refractivity contribution is 0.0953. The standard InChI is InChI=1S/C28H32N6O2S.CH4O/c1-3-10-30-28(35)23-7-6-21(14-19(23)2)25-18-32-27-24(31-16-20-8-12-37-13-9-20)15-26(33-34(25)27)36-22-5-4-11-29-17-22;1-2/h4-7,11,14-15,17-18,20,31H,3,8-10,12-13,16H2,1-2H3,(H,30,35);2H,1H3. The summed E-state index contributed by atoms with van der Waals surface area (Å²) in [6, 6.07) is 11.4. The Labute approximate surface area is 233 Å². The van der Waals surface area contributed by atoms with Gasteiger partial charge in [-0.15, -0.1) is 5.10 Å². The highest BCUT2D eigenvalue weighted by molar-refractivity contribution is 7.99. The zero-order valence-corrected chi connectivity index (χ0v) is 23.5. The van der Waals surface area contributed by atoms with E-state index in [1.54, 1.807) is 12.4 Å². The molecule has 0 spiro atoms. The molecule has 3 N–H and O–H groups in total. The van der Waals surface area contributed by atoms with Crippen LogP contribution in [0.1, 0.15) is 42.1 Å². The molecule has 1 aliphatic rings. The Morgan fingerprint density at radius 1 is 1.18 bits per heavy atom. The van der Waals surface area contributed by atoms with Gasteiger partial charge in [-0.2, -0.15) is 11.8 Å². The van der Waals surface area contributed by atoms with Crippen LogP contribution in [-0.2, 0) is 0 Å². The highest BCUT2D eigenvalue weighted by Gasteiger charge is 2.18. The van der Waals surface area contributed by atoms with E-state index in [0.717, 1.165) is 48.2 Å². The minimum Gasteiger partial charge on any atom is -0.436 e. The summed E-state index contributed by atoms with van der Waals surface area (Å²) in [4.78, 5) is 21.4. The van der Waals surface area contributed by atoms with Gasteiger partial charge in [0.1, 0.15) is 5.75 Å². The number of nitrogens with one attached hydrogen (secondary N) is 2. The Bertz CT molecular complexity index is 1370. The van der Waals surface area contributed by atoms with Crippen molar-refractivity contribution >= 4 is 29.0 Å². The van der Waals surface area contributed by atoms with Gasteiger partial charge in [-0.25, -0.2) is 9.50 Å². The predicted molar refractivity (Wildman–Crippen MR) is 157 cm³/mol. The lowest BCUT2D eigenvalue weighted by atomic mass is 10.0. The highest BCUT2D eigenvalue weighted by Crippen LogP contribution is 2.30. The monoisotopic (exact) mass is 548 g/mol. The first kappa shape index (κ1) is 28.4. The van der Waals surface area contributed by atoms with E-state index in [1.165, 1.54) is 24.3 Å². The average Bonchev–Trinajstić information content (AvgIpc) is 3.41. The molecule has 39 heavy (non-hydrogen) atoms. The van der Waals surface area contributed by atoms with Crippen LogP contribution in [0.25, 0.3) is 16.9 Å². The number of aryl methyl sites for hydroxylation is 1. The van der Waals surface area contributed by atoms with Crippen molar-refractivity contribution in [1.29, 1.82) is 0 Å². The smallest absolute Gasteiger partial charge is 0.251 e. The number of thioether (sulfide) groups is 1. The summed E-state index contributed by atoms with van der Waals surface area (Å²) in [6.45, 7) is 5.53. The maximum absolute atomic E-state index is 12.5. The van der Waals surface area contributed by atoms with E-state index in [4.69, 9.17) is 19.9 Å². The van der Waals surface area contributed by atoms with Crippen molar-refractivity contribution in [2.24, 2.45) is 5.92 Å². The number of imidazole rings is 1. The third kappa shape index (κ3) is 7.07. The first-order chi connectivity index (χ1) is 19.1. The molecule has 1 fully saturated rings. The summed E-state index contributed by atoms with van der Waals surface area (Å²) >= 11 is 2.03. The van der Waals surface area contributed by atoms with Gasteiger partial charge in [0.05, 0.1) is 23.8 Å². The van der Waals surface area contributed by atoms with Crippen molar-refractivity contribution < 1.29 is 14.6 Å². The molecule has 0 saturated carbocycles. The van der Waals surface area contributed by atoms with Crippen LogP contribution in [0.5, 0.6) is 11.6 Å². The Balaban J connectivity index is 0.00000172. The van der Waals surface area contributed by atoms with Crippen LogP contribution < -0.4 is 15.4 Å². The summed E-state index contributed by atoms with van der Waals surface area (Å²) in [5, 5.41) is 18.3. The van der Waals surface area contributed by atoms with Crippen LogP contribution in [0.2, 0.25) is 0 Å². The molecule has 5 rings (SSSR count). The molecule has 1 amide bonds. The van der Waals surface area contributed by atoms with E-state index in [0.29, 0.717) is 29.7 Å². The van der Waals surface area contributed by atoms with Crippen LogP contribution in [0.15, 0.2) is 55.0 Å². The topological polar surface area (TPSA) is 114 Å². The number of anilines is 1. The van der Waals surface area contributed by atoms with Crippen LogP contribution in [0, 0.1) is 12.8 Å². The van der Waals surface area contributed by atoms with Crippen LogP contribution in [0.4, 0.5) is 5.69 Å². The molecule has 206 valence electrons. The van der Waals surface area contributed by atoms with Gasteiger partial charge in [-0.3, -0.25) is 9.78 Å². The summed E-state index contributed by atoms with van der Waals surface area (Å²) in [6.07, 6.45) is 8.53. The fourth-order valence-electron chi connectivity index (χ4n) is 4.47. The fraction of sp³-hybridized carbons (Fsp3) is 0.379. The molecule has 0 aliphatic carbocycles. The third-order valence-corrected chi connectivity index (χ3v) is 7.58. The number of aromatic nitrogens is 4. The Kier molecular flexibility index (Phi) is 10.2. The van der Waals surface area contributed by atoms with E-state index >= 15 is 0 Å². The van der Waals surface area contributed by atoms with Gasteiger partial charge >= 0.3 is 0 Å². The normalized spacial score (nSPS) is 13.4. The van der Waals surface area contributed by atoms with E-state index in [-0.39, 0.29) is 5.91 Å². The Morgan fingerprint density at radius 3 is 2.72 bits per heavy atom. The summed E-state index contributed by atoms with van der Waals surface area (Å²) in [7, 11) is 1.00. The molecule has 1 aliphatic heterocycles. The van der Waals surface area contributed by atoms with Crippen molar-refractivity contribution in [3.63, 3.8) is 0 Å². The molecule has 4 aromatic rings. The zero-order valence-electron chi connectivity index (χ0n) is 22.7. The first-order valence-corrected chi connectivity index (χ1v) is 14.4. The second kappa shape index (κ2) is 14.0. The summed E-state index contributed by atoms with van der Waals surface area (Å²) in [5.74, 6) is 4.08. The number of carbonyl (C=O) groups excluding carboxylic acids is 1. The second-order valence-corrected chi connectivity index (χ2v) is 10.5. The fourth-order valence-corrected chi connectivity index (χ4v) is 5.67. The number of amides is 1. The molecule has 1 aromatic carbocycles. The summed E-state index contributed by atoms with van der Waals surface area (Å²) in [5.41, 5.74) is 4.95. The molecule has 0 atom stereocenters. The number of pyridine rings is 1. The van der Waals surface area contributed by atoms with Crippen molar-refractivity contribution in [3.05, 3.63) is 66.1 Å². The van der Waals surface area contributed by atoms with Gasteiger partial charge in [-0.05, 0) is 73.4 Å². The molecular weight excluding hydrogens is 512 g/mol. The number of benzene rings is 1. The number of ether oxygens (including phenoxy) is 1. The first-order valence-electron chi connectivity index (χ1n) is 13.2. The minimum atomic E-state index is -0.0538. The molecule has 9 nitrogen and oxygen atoms in total. The minimum absolute atomic E-state index is 0.0538. The number of fused-ring (bicyclic) bond motifs is 1. The van der Waals surface area contributed by atoms with Crippen LogP contribution >= 0.6 is 11.8 Å². The number of hydrogen-bond acceptors (Lipinski definition) is 8. The van der Waals surface area contributed by atoms with E-state index in [2.05, 4.69) is 15.6 Å². The van der Waals surface area contributed by atoms with Gasteiger partial charge in [0.2, 0.25) is 5.88 Å². The number of aliphatic hydroxyl groups excluding tert-OH is 1. The maximum atomic E-state index is 12.5. The van der Waals surface area contributed by atoms with Gasteiger partial charge in [0.15, 0.2) is 5.65 Å². The number of aliphatic hydroxyl groups is 1. The van der Waals surface area contributed by atoms with Crippen molar-refractivity contribution in [2.75, 3.05) is 37.0 Å². The highest BCUT2D eigenvalue weighted by atomic mass is 32.2. The molecule has 4 heterocycles. The molecule has 0 radical (unpaired) electrons. The molecule has 0 unspecified atom stereocenters. The van der Waals surface area contributed by atoms with Gasteiger partial charge in [-0.1, -0.05) is 13.0 Å². The number of carbonyl (C=O) groups is 1. The third-order valence-electron chi connectivity index (χ3n) is 6.53. The quantitative estimate of drug-likeness (QED) is 0.262. The molecule has 0 bridgehead atoms. The van der Waals surface area contributed by atoms with Gasteiger partial charge < -0.3 is 20.5 Å².